The van der Waals surface area contributed by atoms with E-state index < -0.39 is 24.0 Å². The number of nitrogens with zero attached hydrogens (tertiary/aromatic N) is 1. The van der Waals surface area contributed by atoms with E-state index in [1.807, 2.05) is 18.2 Å². The number of aliphatic hydroxyl groups excluding tert-OH is 1. The lowest BCUT2D eigenvalue weighted by atomic mass is 9.90. The van der Waals surface area contributed by atoms with Crippen molar-refractivity contribution in [3.63, 3.8) is 0 Å². The third-order valence-electron chi connectivity index (χ3n) is 7.10. The van der Waals surface area contributed by atoms with Crippen molar-refractivity contribution in [2.75, 3.05) is 11.4 Å². The summed E-state index contributed by atoms with van der Waals surface area (Å²) in [6.45, 7) is 4.32. The summed E-state index contributed by atoms with van der Waals surface area (Å²) >= 11 is 1.67. The number of thiophene rings is 1. The average molecular weight is 525 g/mol. The number of H-pyrrole nitrogens is 1. The number of carbonyl (C=O) groups is 2. The first-order chi connectivity index (χ1) is 17.7. The second-order valence-corrected chi connectivity index (χ2v) is 10.7. The quantitative estimate of drug-likeness (QED) is 0.286. The molecule has 2 N–H and O–H groups in total. The number of fused-ring (bicyclic) bond motifs is 2. The van der Waals surface area contributed by atoms with E-state index in [0.29, 0.717) is 17.1 Å². The summed E-state index contributed by atoms with van der Waals surface area (Å²) in [5.41, 5.74) is 0.782. The number of halogens is 1. The molecule has 6 rings (SSSR count). The number of benzene rings is 2. The van der Waals surface area contributed by atoms with Crippen LogP contribution in [0.4, 0.5) is 10.2 Å². The summed E-state index contributed by atoms with van der Waals surface area (Å²) in [5, 5.41) is 11.9. The maximum Gasteiger partial charge on any atom is 0.449 e. The van der Waals surface area contributed by atoms with E-state index in [2.05, 4.69) is 22.9 Å². The molecule has 0 amide bonds. The number of esters is 2. The smallest absolute Gasteiger partial charge is 0.418 e. The molecule has 0 saturated carbocycles. The van der Waals surface area contributed by atoms with Gasteiger partial charge < -0.3 is 29.2 Å². The fourth-order valence-corrected chi connectivity index (χ4v) is 6.42. The monoisotopic (exact) mass is 524 g/mol. The molecule has 37 heavy (non-hydrogen) atoms. The van der Waals surface area contributed by atoms with Crippen molar-refractivity contribution in [3.8, 4) is 5.75 Å². The molecule has 2 aliphatic heterocycles. The fourth-order valence-electron chi connectivity index (χ4n) is 5.18. The number of nitrogens with one attached hydrogen (secondary N) is 1. The number of aliphatic hydroxyl groups is 1. The Bertz CT molecular complexity index is 1510. The van der Waals surface area contributed by atoms with Crippen molar-refractivity contribution in [1.29, 1.82) is 0 Å². The van der Waals surface area contributed by atoms with Gasteiger partial charge >= 0.3 is 17.9 Å². The first kappa shape index (κ1) is 23.7. The molecule has 0 bridgehead atoms. The highest BCUT2D eigenvalue weighted by molar-refractivity contribution is 7.19. The number of anilines is 1. The predicted molar refractivity (Wildman–Crippen MR) is 136 cm³/mol. The molecule has 2 saturated heterocycles. The normalized spacial score (nSPS) is 22.3. The van der Waals surface area contributed by atoms with Crippen LogP contribution in [-0.2, 0) is 19.1 Å². The van der Waals surface area contributed by atoms with Crippen molar-refractivity contribution in [2.24, 2.45) is 0 Å². The topological polar surface area (TPSA) is 101 Å². The summed E-state index contributed by atoms with van der Waals surface area (Å²) in [6.07, 6.45) is 0.488. The van der Waals surface area contributed by atoms with Crippen LogP contribution in [0.3, 0.4) is 0 Å². The van der Waals surface area contributed by atoms with Crippen molar-refractivity contribution >= 4 is 50.1 Å². The number of carbonyl (C=O) groups excluding carboxylic acids is 2. The van der Waals surface area contributed by atoms with Gasteiger partial charge in [-0.2, -0.15) is 0 Å². The Hall–Kier alpha value is -3.63. The summed E-state index contributed by atoms with van der Waals surface area (Å²) in [6, 6.07) is 14.6. The third-order valence-corrected chi connectivity index (χ3v) is 8.36. The van der Waals surface area contributed by atoms with E-state index in [0.717, 1.165) is 40.8 Å². The van der Waals surface area contributed by atoms with Gasteiger partial charge in [-0.1, -0.05) is 12.1 Å². The summed E-state index contributed by atoms with van der Waals surface area (Å²) in [5.74, 6) is -3.29. The highest BCUT2D eigenvalue weighted by atomic mass is 32.1. The van der Waals surface area contributed by atoms with Gasteiger partial charge in [0, 0.05) is 27.5 Å². The molecule has 2 aromatic carbocycles. The van der Waals surface area contributed by atoms with E-state index in [4.69, 9.17) is 14.2 Å². The maximum atomic E-state index is 13.6. The molecule has 0 unspecified atom stereocenters. The average Bonchev–Trinajstić information content (AvgIpc) is 3.55. The van der Waals surface area contributed by atoms with E-state index >= 15 is 0 Å². The fraction of sp³-hybridized carbons (Fsp3) is 0.333. The van der Waals surface area contributed by atoms with Gasteiger partial charge in [0.15, 0.2) is 6.10 Å². The Balaban J connectivity index is 1.24. The van der Waals surface area contributed by atoms with Crippen molar-refractivity contribution in [2.45, 2.75) is 50.7 Å². The summed E-state index contributed by atoms with van der Waals surface area (Å²) in [4.78, 5) is 30.4. The van der Waals surface area contributed by atoms with Crippen LogP contribution in [0.25, 0.3) is 21.0 Å². The van der Waals surface area contributed by atoms with E-state index in [1.165, 1.54) is 17.9 Å². The molecule has 4 aromatic rings. The van der Waals surface area contributed by atoms with Crippen LogP contribution in [0.5, 0.6) is 5.75 Å². The number of ether oxygens (including phenoxy) is 3. The zero-order valence-electron chi connectivity index (χ0n) is 20.2. The largest absolute Gasteiger partial charge is 0.449 e. The van der Waals surface area contributed by atoms with E-state index in [1.54, 1.807) is 29.5 Å². The Morgan fingerprint density at radius 1 is 1.19 bits per heavy atom. The lowest BCUT2D eigenvalue weighted by Crippen LogP contribution is -2.47. The second-order valence-electron chi connectivity index (χ2n) is 9.63. The number of rotatable bonds is 5. The summed E-state index contributed by atoms with van der Waals surface area (Å²) < 4.78 is 30.4. The van der Waals surface area contributed by atoms with Crippen LogP contribution < -0.4 is 9.64 Å². The molecule has 0 aliphatic carbocycles. The van der Waals surface area contributed by atoms with Gasteiger partial charge in [0.1, 0.15) is 17.4 Å². The second kappa shape index (κ2) is 8.74. The van der Waals surface area contributed by atoms with Gasteiger partial charge in [-0.05, 0) is 74.4 Å². The van der Waals surface area contributed by atoms with Crippen LogP contribution in [0.2, 0.25) is 0 Å². The lowest BCUT2D eigenvalue weighted by Gasteiger charge is -2.38. The first-order valence-electron chi connectivity index (χ1n) is 12.1. The minimum absolute atomic E-state index is 0.213. The number of cyclic esters (lactones) is 2. The van der Waals surface area contributed by atoms with E-state index in [-0.39, 0.29) is 11.9 Å². The Morgan fingerprint density at radius 3 is 2.70 bits per heavy atom. The minimum atomic E-state index is -2.24. The van der Waals surface area contributed by atoms with Crippen molar-refractivity contribution in [1.82, 2.24) is 4.98 Å². The minimum Gasteiger partial charge on any atom is -0.418 e. The molecule has 3 atom stereocenters. The maximum absolute atomic E-state index is 13.6. The summed E-state index contributed by atoms with van der Waals surface area (Å²) in [7, 11) is 0. The highest BCUT2D eigenvalue weighted by Gasteiger charge is 2.56. The zero-order valence-corrected chi connectivity index (χ0v) is 21.0. The van der Waals surface area contributed by atoms with E-state index in [9.17, 15) is 19.1 Å². The molecule has 2 aliphatic rings. The molecule has 2 aromatic heterocycles. The molecule has 8 nitrogen and oxygen atoms in total. The van der Waals surface area contributed by atoms with Crippen LogP contribution in [-0.4, -0.2) is 46.7 Å². The molecular weight excluding hydrogens is 499 g/mol. The predicted octanol–water partition coefficient (Wildman–Crippen LogP) is 4.81. The number of hydrogen-bond acceptors (Lipinski definition) is 8. The van der Waals surface area contributed by atoms with Gasteiger partial charge in [-0.3, -0.25) is 0 Å². The van der Waals surface area contributed by atoms with Crippen molar-refractivity contribution < 1.29 is 33.3 Å². The lowest BCUT2D eigenvalue weighted by molar-refractivity contribution is -0.313. The van der Waals surface area contributed by atoms with Gasteiger partial charge in [0.25, 0.3) is 0 Å². The highest BCUT2D eigenvalue weighted by Crippen LogP contribution is 2.41. The number of piperidine rings is 1. The van der Waals surface area contributed by atoms with Crippen LogP contribution >= 0.6 is 11.3 Å². The van der Waals surface area contributed by atoms with Gasteiger partial charge in [-0.25, -0.2) is 14.0 Å². The van der Waals surface area contributed by atoms with Crippen molar-refractivity contribution in [3.05, 3.63) is 59.2 Å². The van der Waals surface area contributed by atoms with Gasteiger partial charge in [0.05, 0.1) is 5.52 Å². The molecule has 4 heterocycles. The van der Waals surface area contributed by atoms with Crippen LogP contribution in [0.15, 0.2) is 48.5 Å². The number of aromatic nitrogens is 1. The Kier molecular flexibility index (Phi) is 5.61. The van der Waals surface area contributed by atoms with Crippen LogP contribution in [0.1, 0.15) is 37.5 Å². The molecule has 10 heteroatoms. The van der Waals surface area contributed by atoms with Gasteiger partial charge in [0.2, 0.25) is 0 Å². The number of aromatic amines is 1. The Morgan fingerprint density at radius 2 is 1.97 bits per heavy atom. The molecule has 2 fully saturated rings. The molecule has 192 valence electrons. The molecule has 0 spiro atoms. The van der Waals surface area contributed by atoms with Crippen LogP contribution in [0, 0.1) is 5.82 Å². The molecule has 0 radical (unpaired) electrons. The Labute approximate surface area is 215 Å². The van der Waals surface area contributed by atoms with Gasteiger partial charge in [-0.15, -0.1) is 11.3 Å². The standard InChI is InChI=1S/C27H25FN2O6S/c1-14-10-17(22-11-16-6-7-18(28)12-23(16)37-22)8-9-30(14)24-13-19-20(29-24)4-3-5-21(19)34-27(15(2)31)35-25(32)26(33)36-27/h3-7,11-15,17,29,31H,8-10H2,1-2H3/t14-,15-,17+/m0/s1. The molecular formula is C27H25FN2O6S. The zero-order chi connectivity index (χ0) is 25.9. The SMILES string of the molecule is C[C@H](O)C1(Oc2cccc3[nH]c(N4CC[C@@H](c5cc6ccc(F)cc6s5)C[C@@H]4C)cc23)OC(=O)C(=O)O1. The number of hydrogen-bond donors (Lipinski definition) is 2. The first-order valence-corrected chi connectivity index (χ1v) is 12.9. The third kappa shape index (κ3) is 4.10.